The van der Waals surface area contributed by atoms with Gasteiger partial charge in [-0.3, -0.25) is 9.00 Å². The number of rotatable bonds is 4. The second kappa shape index (κ2) is 5.96. The van der Waals surface area contributed by atoms with Gasteiger partial charge in [-0.15, -0.1) is 0 Å². The Labute approximate surface area is 110 Å². The van der Waals surface area contributed by atoms with Gasteiger partial charge in [0.15, 0.2) is 0 Å². The molecule has 0 aliphatic heterocycles. The van der Waals surface area contributed by atoms with Crippen LogP contribution in [0, 0.1) is 5.92 Å². The maximum absolute atomic E-state index is 12.0. The zero-order chi connectivity index (χ0) is 13.0. The van der Waals surface area contributed by atoms with Gasteiger partial charge in [-0.05, 0) is 24.5 Å². The number of para-hydroxylation sites is 1. The van der Waals surface area contributed by atoms with Crippen molar-refractivity contribution in [2.75, 3.05) is 11.6 Å². The van der Waals surface area contributed by atoms with Crippen LogP contribution in [0.3, 0.4) is 0 Å². The van der Waals surface area contributed by atoms with Gasteiger partial charge in [0.1, 0.15) is 0 Å². The van der Waals surface area contributed by atoms with Crippen molar-refractivity contribution in [3.05, 3.63) is 42.0 Å². The fourth-order valence-electron chi connectivity index (χ4n) is 2.05. The van der Waals surface area contributed by atoms with Gasteiger partial charge in [-0.1, -0.05) is 30.4 Å². The van der Waals surface area contributed by atoms with E-state index >= 15 is 0 Å². The summed E-state index contributed by atoms with van der Waals surface area (Å²) in [5.41, 5.74) is 1.71. The minimum absolute atomic E-state index is 0.0465. The molecule has 1 N–H and O–H groups in total. The van der Waals surface area contributed by atoms with E-state index in [-0.39, 0.29) is 11.8 Å². The van der Waals surface area contributed by atoms with Crippen molar-refractivity contribution in [1.29, 1.82) is 0 Å². The van der Waals surface area contributed by atoms with Crippen LogP contribution in [0.25, 0.3) is 0 Å². The Morgan fingerprint density at radius 2 is 2.00 bits per heavy atom. The minimum Gasteiger partial charge on any atom is -0.326 e. The highest BCUT2D eigenvalue weighted by molar-refractivity contribution is 7.83. The number of anilines is 1. The molecule has 1 aromatic rings. The first-order chi connectivity index (χ1) is 8.66. The first-order valence-electron chi connectivity index (χ1n) is 6.00. The van der Waals surface area contributed by atoms with E-state index in [4.69, 9.17) is 0 Å². The molecule has 0 heterocycles. The lowest BCUT2D eigenvalue weighted by atomic mass is 10.1. The Balaban J connectivity index is 2.08. The Morgan fingerprint density at radius 1 is 1.33 bits per heavy atom. The summed E-state index contributed by atoms with van der Waals surface area (Å²) in [5, 5.41) is 2.94. The standard InChI is InChI=1S/C14H17NO2S/c1-18(17)10-12-8-4-5-9-13(12)15-14(16)11-6-2-3-7-11/h2-5,8-9,11H,6-7,10H2,1H3,(H,15,16)/t18-/m0/s1. The van der Waals surface area contributed by atoms with Crippen molar-refractivity contribution in [1.82, 2.24) is 0 Å². The van der Waals surface area contributed by atoms with Gasteiger partial charge in [0.2, 0.25) is 5.91 Å². The molecule has 1 aromatic carbocycles. The van der Waals surface area contributed by atoms with Gasteiger partial charge in [0, 0.05) is 28.7 Å². The van der Waals surface area contributed by atoms with Crippen molar-refractivity contribution in [2.45, 2.75) is 18.6 Å². The maximum Gasteiger partial charge on any atom is 0.228 e. The van der Waals surface area contributed by atoms with Gasteiger partial charge in [0.05, 0.1) is 5.75 Å². The van der Waals surface area contributed by atoms with E-state index < -0.39 is 10.8 Å². The minimum atomic E-state index is -0.907. The number of hydrogen-bond donors (Lipinski definition) is 1. The summed E-state index contributed by atoms with van der Waals surface area (Å²) in [6.07, 6.45) is 7.37. The summed E-state index contributed by atoms with van der Waals surface area (Å²) < 4.78 is 11.3. The highest BCUT2D eigenvalue weighted by Gasteiger charge is 2.19. The molecule has 96 valence electrons. The molecule has 3 nitrogen and oxygen atoms in total. The molecule has 0 bridgehead atoms. The maximum atomic E-state index is 12.0. The van der Waals surface area contributed by atoms with Gasteiger partial charge in [-0.25, -0.2) is 0 Å². The van der Waals surface area contributed by atoms with Crippen LogP contribution in [0.2, 0.25) is 0 Å². The van der Waals surface area contributed by atoms with Crippen molar-refractivity contribution in [3.63, 3.8) is 0 Å². The summed E-state index contributed by atoms with van der Waals surface area (Å²) in [4.78, 5) is 12.0. The van der Waals surface area contributed by atoms with Crippen LogP contribution >= 0.6 is 0 Å². The highest BCUT2D eigenvalue weighted by atomic mass is 32.2. The third kappa shape index (κ3) is 3.29. The first kappa shape index (κ1) is 13.0. The molecule has 4 heteroatoms. The summed E-state index contributed by atoms with van der Waals surface area (Å²) in [5.74, 6) is 0.568. The fourth-order valence-corrected chi connectivity index (χ4v) is 2.74. The molecular formula is C14H17NO2S. The summed E-state index contributed by atoms with van der Waals surface area (Å²) in [7, 11) is -0.907. The molecule has 0 spiro atoms. The molecule has 0 unspecified atom stereocenters. The Bertz CT molecular complexity index is 488. The Hall–Kier alpha value is -1.42. The second-order valence-electron chi connectivity index (χ2n) is 4.50. The summed E-state index contributed by atoms with van der Waals surface area (Å²) in [6, 6.07) is 7.55. The number of amides is 1. The summed E-state index contributed by atoms with van der Waals surface area (Å²) >= 11 is 0. The Kier molecular flexibility index (Phi) is 4.31. The monoisotopic (exact) mass is 263 g/mol. The van der Waals surface area contributed by atoms with Crippen molar-refractivity contribution in [3.8, 4) is 0 Å². The first-order valence-corrected chi connectivity index (χ1v) is 7.73. The number of nitrogens with one attached hydrogen (secondary N) is 1. The molecule has 1 aliphatic carbocycles. The molecule has 0 saturated carbocycles. The van der Waals surface area contributed by atoms with E-state index in [0.29, 0.717) is 5.75 Å². The number of hydrogen-bond acceptors (Lipinski definition) is 2. The van der Waals surface area contributed by atoms with Gasteiger partial charge in [0.25, 0.3) is 0 Å². The topological polar surface area (TPSA) is 46.2 Å². The molecule has 18 heavy (non-hydrogen) atoms. The van der Waals surface area contributed by atoms with Crippen LogP contribution in [-0.4, -0.2) is 16.4 Å². The third-order valence-corrected chi connectivity index (χ3v) is 3.73. The van der Waals surface area contributed by atoms with E-state index in [1.54, 1.807) is 6.26 Å². The molecular weight excluding hydrogens is 246 g/mol. The number of carbonyl (C=O) groups excluding carboxylic acids is 1. The van der Waals surface area contributed by atoms with Gasteiger partial charge in [-0.2, -0.15) is 0 Å². The average Bonchev–Trinajstić information content (AvgIpc) is 2.84. The van der Waals surface area contributed by atoms with Crippen molar-refractivity contribution >= 4 is 22.4 Å². The molecule has 0 radical (unpaired) electrons. The van der Waals surface area contributed by atoms with E-state index in [0.717, 1.165) is 24.1 Å². The Morgan fingerprint density at radius 3 is 2.67 bits per heavy atom. The quantitative estimate of drug-likeness (QED) is 0.848. The molecule has 2 rings (SSSR count). The second-order valence-corrected chi connectivity index (χ2v) is 5.94. The average molecular weight is 263 g/mol. The van der Waals surface area contributed by atoms with Gasteiger partial charge >= 0.3 is 0 Å². The van der Waals surface area contributed by atoms with E-state index in [2.05, 4.69) is 5.32 Å². The van der Waals surface area contributed by atoms with Crippen LogP contribution < -0.4 is 5.32 Å². The molecule has 0 saturated heterocycles. The number of allylic oxidation sites excluding steroid dienone is 2. The predicted octanol–water partition coefficient (Wildman–Crippen LogP) is 2.47. The largest absolute Gasteiger partial charge is 0.326 e. The lowest BCUT2D eigenvalue weighted by Gasteiger charge is -2.13. The SMILES string of the molecule is C[S@](=O)Cc1ccccc1NC(=O)C1CC=CC1. The van der Waals surface area contributed by atoms with E-state index in [1.165, 1.54) is 0 Å². The van der Waals surface area contributed by atoms with Crippen LogP contribution in [0.15, 0.2) is 36.4 Å². The normalized spacial score (nSPS) is 16.7. The number of benzene rings is 1. The van der Waals surface area contributed by atoms with Crippen LogP contribution in [0.4, 0.5) is 5.69 Å². The number of carbonyl (C=O) groups is 1. The third-order valence-electron chi connectivity index (χ3n) is 3.01. The lowest BCUT2D eigenvalue weighted by molar-refractivity contribution is -0.119. The molecule has 0 aromatic heterocycles. The van der Waals surface area contributed by atoms with Crippen molar-refractivity contribution < 1.29 is 9.00 Å². The molecule has 1 atom stereocenters. The highest BCUT2D eigenvalue weighted by Crippen LogP contribution is 2.22. The zero-order valence-corrected chi connectivity index (χ0v) is 11.2. The van der Waals surface area contributed by atoms with Gasteiger partial charge < -0.3 is 5.32 Å². The van der Waals surface area contributed by atoms with E-state index in [1.807, 2.05) is 36.4 Å². The smallest absolute Gasteiger partial charge is 0.228 e. The fraction of sp³-hybridized carbons (Fsp3) is 0.357. The van der Waals surface area contributed by atoms with Crippen LogP contribution in [0.5, 0.6) is 0 Å². The van der Waals surface area contributed by atoms with Crippen LogP contribution in [-0.2, 0) is 21.3 Å². The van der Waals surface area contributed by atoms with Crippen molar-refractivity contribution in [2.24, 2.45) is 5.92 Å². The zero-order valence-electron chi connectivity index (χ0n) is 10.4. The molecule has 0 fully saturated rings. The predicted molar refractivity (Wildman–Crippen MR) is 74.7 cm³/mol. The lowest BCUT2D eigenvalue weighted by Crippen LogP contribution is -2.21. The van der Waals surface area contributed by atoms with E-state index in [9.17, 15) is 9.00 Å². The van der Waals surface area contributed by atoms with Crippen LogP contribution in [0.1, 0.15) is 18.4 Å². The summed E-state index contributed by atoms with van der Waals surface area (Å²) in [6.45, 7) is 0. The molecule has 1 amide bonds. The molecule has 1 aliphatic rings.